The molecule has 0 saturated carbocycles. The molecule has 1 aromatic rings. The third kappa shape index (κ3) is 3.65. The van der Waals surface area contributed by atoms with E-state index in [0.29, 0.717) is 5.69 Å². The van der Waals surface area contributed by atoms with Crippen molar-refractivity contribution in [2.45, 2.75) is 12.5 Å². The molecule has 1 aromatic carbocycles. The normalized spacial score (nSPS) is 11.3. The maximum atomic E-state index is 8.53. The van der Waals surface area contributed by atoms with Crippen molar-refractivity contribution in [3.05, 3.63) is 26.6 Å². The van der Waals surface area contributed by atoms with Gasteiger partial charge in [-0.3, -0.25) is 0 Å². The maximum Gasteiger partial charge on any atom is 0.0641 e. The first-order valence-electron chi connectivity index (χ1n) is 3.93. The number of nitrogens with two attached hydrogens (primary N) is 2. The van der Waals surface area contributed by atoms with Crippen molar-refractivity contribution in [1.29, 1.82) is 5.26 Å². The van der Waals surface area contributed by atoms with Gasteiger partial charge in [0.15, 0.2) is 0 Å². The SMILES string of the molecule is Cl.N#CC[C@@H](N)c1cc(Br)cc(Br)c1N. The fourth-order valence-corrected chi connectivity index (χ4v) is 2.38. The van der Waals surface area contributed by atoms with Crippen LogP contribution in [0.25, 0.3) is 0 Å². The molecule has 0 heterocycles. The Hall–Kier alpha value is -0.280. The fourth-order valence-electron chi connectivity index (χ4n) is 1.12. The van der Waals surface area contributed by atoms with E-state index >= 15 is 0 Å². The minimum absolute atomic E-state index is 0. The summed E-state index contributed by atoms with van der Waals surface area (Å²) in [5.41, 5.74) is 13.0. The third-order valence-corrected chi connectivity index (χ3v) is 2.95. The Morgan fingerprint density at radius 3 is 2.53 bits per heavy atom. The number of anilines is 1. The summed E-state index contributed by atoms with van der Waals surface area (Å²) in [6, 6.07) is 5.36. The minimum Gasteiger partial charge on any atom is -0.398 e. The van der Waals surface area contributed by atoms with Gasteiger partial charge in [-0.2, -0.15) is 5.26 Å². The maximum absolute atomic E-state index is 8.53. The van der Waals surface area contributed by atoms with Gasteiger partial charge in [-0.25, -0.2) is 0 Å². The van der Waals surface area contributed by atoms with Crippen molar-refractivity contribution in [1.82, 2.24) is 0 Å². The van der Waals surface area contributed by atoms with Crippen LogP contribution in [0.2, 0.25) is 0 Å². The second kappa shape index (κ2) is 6.33. The molecule has 3 nitrogen and oxygen atoms in total. The van der Waals surface area contributed by atoms with Crippen molar-refractivity contribution in [3.63, 3.8) is 0 Å². The highest BCUT2D eigenvalue weighted by Crippen LogP contribution is 2.31. The van der Waals surface area contributed by atoms with Crippen LogP contribution in [0.5, 0.6) is 0 Å². The van der Waals surface area contributed by atoms with Crippen molar-refractivity contribution in [3.8, 4) is 6.07 Å². The van der Waals surface area contributed by atoms with Crippen LogP contribution in [-0.2, 0) is 0 Å². The van der Waals surface area contributed by atoms with Crippen LogP contribution in [0.4, 0.5) is 5.69 Å². The molecule has 4 N–H and O–H groups in total. The highest BCUT2D eigenvalue weighted by Gasteiger charge is 2.12. The molecule has 6 heteroatoms. The highest BCUT2D eigenvalue weighted by atomic mass is 79.9. The summed E-state index contributed by atoms with van der Waals surface area (Å²) in [7, 11) is 0. The zero-order valence-electron chi connectivity index (χ0n) is 7.71. The van der Waals surface area contributed by atoms with Gasteiger partial charge in [0.2, 0.25) is 0 Å². The molecule has 1 atom stereocenters. The summed E-state index contributed by atoms with van der Waals surface area (Å²) in [5.74, 6) is 0. The lowest BCUT2D eigenvalue weighted by molar-refractivity contribution is 0.750. The summed E-state index contributed by atoms with van der Waals surface area (Å²) in [6.07, 6.45) is 0.257. The second-order valence-electron chi connectivity index (χ2n) is 2.86. The fraction of sp³-hybridized carbons (Fsp3) is 0.222. The Balaban J connectivity index is 0.00000196. The molecule has 0 bridgehead atoms. The lowest BCUT2D eigenvalue weighted by atomic mass is 10.0. The van der Waals surface area contributed by atoms with Gasteiger partial charge in [0, 0.05) is 15.0 Å². The largest absolute Gasteiger partial charge is 0.398 e. The molecule has 1 rings (SSSR count). The van der Waals surface area contributed by atoms with E-state index in [4.69, 9.17) is 16.7 Å². The quantitative estimate of drug-likeness (QED) is 0.800. The lowest BCUT2D eigenvalue weighted by Gasteiger charge is -2.13. The van der Waals surface area contributed by atoms with Crippen LogP contribution in [-0.4, -0.2) is 0 Å². The van der Waals surface area contributed by atoms with E-state index in [-0.39, 0.29) is 24.9 Å². The average Bonchev–Trinajstić information content (AvgIpc) is 2.11. The van der Waals surface area contributed by atoms with Gasteiger partial charge in [-0.15, -0.1) is 12.4 Å². The van der Waals surface area contributed by atoms with Crippen LogP contribution < -0.4 is 11.5 Å². The summed E-state index contributed by atoms with van der Waals surface area (Å²) >= 11 is 6.67. The number of nitrogens with zero attached hydrogens (tertiary/aromatic N) is 1. The smallest absolute Gasteiger partial charge is 0.0641 e. The predicted octanol–water partition coefficient (Wildman–Crippen LogP) is 3.13. The van der Waals surface area contributed by atoms with E-state index in [1.807, 2.05) is 18.2 Å². The molecule has 0 amide bonds. The lowest BCUT2D eigenvalue weighted by Crippen LogP contribution is -2.12. The molecule has 0 fully saturated rings. The van der Waals surface area contributed by atoms with Gasteiger partial charge in [-0.1, -0.05) is 15.9 Å². The molecule has 0 spiro atoms. The van der Waals surface area contributed by atoms with Crippen LogP contribution >= 0.6 is 44.3 Å². The van der Waals surface area contributed by atoms with Gasteiger partial charge in [0.1, 0.15) is 0 Å². The molecule has 0 aliphatic carbocycles. The number of nitrogen functional groups attached to an aromatic ring is 1. The number of halogens is 3. The summed E-state index contributed by atoms with van der Waals surface area (Å²) < 4.78 is 1.68. The molecule has 15 heavy (non-hydrogen) atoms. The Bertz CT molecular complexity index is 390. The number of hydrogen-bond acceptors (Lipinski definition) is 3. The molecule has 0 aliphatic rings. The van der Waals surface area contributed by atoms with E-state index in [0.717, 1.165) is 14.5 Å². The van der Waals surface area contributed by atoms with Crippen LogP contribution in [0, 0.1) is 11.3 Å². The predicted molar refractivity (Wildman–Crippen MR) is 70.7 cm³/mol. The summed E-state index contributed by atoms with van der Waals surface area (Å²) in [6.45, 7) is 0. The monoisotopic (exact) mass is 353 g/mol. The van der Waals surface area contributed by atoms with Crippen LogP contribution in [0.1, 0.15) is 18.0 Å². The van der Waals surface area contributed by atoms with E-state index in [2.05, 4.69) is 31.9 Å². The zero-order valence-corrected chi connectivity index (χ0v) is 11.7. The average molecular weight is 355 g/mol. The first-order valence-corrected chi connectivity index (χ1v) is 5.51. The van der Waals surface area contributed by atoms with Crippen molar-refractivity contribution in [2.75, 3.05) is 5.73 Å². The van der Waals surface area contributed by atoms with Crippen molar-refractivity contribution in [2.24, 2.45) is 5.73 Å². The molecule has 0 aliphatic heterocycles. The molecule has 0 radical (unpaired) electrons. The number of nitriles is 1. The molecule has 82 valence electrons. The molecule has 0 saturated heterocycles. The zero-order chi connectivity index (χ0) is 10.7. The van der Waals surface area contributed by atoms with Gasteiger partial charge in [0.25, 0.3) is 0 Å². The van der Waals surface area contributed by atoms with Gasteiger partial charge < -0.3 is 11.5 Å². The van der Waals surface area contributed by atoms with Gasteiger partial charge >= 0.3 is 0 Å². The molecular formula is C9H10Br2ClN3. The van der Waals surface area contributed by atoms with Crippen molar-refractivity contribution >= 4 is 50.0 Å². The van der Waals surface area contributed by atoms with E-state index in [1.54, 1.807) is 0 Å². The number of rotatable bonds is 2. The van der Waals surface area contributed by atoms with Crippen molar-refractivity contribution < 1.29 is 0 Å². The topological polar surface area (TPSA) is 75.8 Å². The number of hydrogen-bond donors (Lipinski definition) is 2. The van der Waals surface area contributed by atoms with Crippen LogP contribution in [0.15, 0.2) is 21.1 Å². The van der Waals surface area contributed by atoms with E-state index in [9.17, 15) is 0 Å². The third-order valence-electron chi connectivity index (χ3n) is 1.84. The minimum atomic E-state index is -0.339. The van der Waals surface area contributed by atoms with E-state index in [1.165, 1.54) is 0 Å². The van der Waals surface area contributed by atoms with Crippen LogP contribution in [0.3, 0.4) is 0 Å². The molecular weight excluding hydrogens is 345 g/mol. The van der Waals surface area contributed by atoms with Gasteiger partial charge in [-0.05, 0) is 33.6 Å². The number of benzene rings is 1. The Kier molecular flexibility index (Phi) is 6.22. The first kappa shape index (κ1) is 14.7. The first-order chi connectivity index (χ1) is 6.56. The van der Waals surface area contributed by atoms with Gasteiger partial charge in [0.05, 0.1) is 18.2 Å². The standard InChI is InChI=1S/C9H9Br2N3.ClH/c10-5-3-6(8(13)1-2-12)9(14)7(11)4-5;/h3-4,8H,1,13-14H2;1H/t8-;/m1./s1. The summed E-state index contributed by atoms with van der Waals surface area (Å²) in [4.78, 5) is 0. The molecule has 0 unspecified atom stereocenters. The Morgan fingerprint density at radius 1 is 1.40 bits per heavy atom. The summed E-state index contributed by atoms with van der Waals surface area (Å²) in [5, 5.41) is 8.53. The molecule has 0 aromatic heterocycles. The Labute approximate surface area is 111 Å². The second-order valence-corrected chi connectivity index (χ2v) is 4.63. The highest BCUT2D eigenvalue weighted by molar-refractivity contribution is 9.11. The van der Waals surface area contributed by atoms with E-state index < -0.39 is 0 Å². The Morgan fingerprint density at radius 2 is 2.00 bits per heavy atom.